The van der Waals surface area contributed by atoms with Crippen LogP contribution in [0.5, 0.6) is 5.75 Å². The molecular weight excluding hydrogens is 256 g/mol. The summed E-state index contributed by atoms with van der Waals surface area (Å²) in [6, 6.07) is 7.63. The van der Waals surface area contributed by atoms with Crippen molar-refractivity contribution in [2.75, 3.05) is 25.0 Å². The van der Waals surface area contributed by atoms with Gasteiger partial charge in [-0.25, -0.2) is 0 Å². The van der Waals surface area contributed by atoms with E-state index >= 15 is 0 Å². The van der Waals surface area contributed by atoms with Crippen LogP contribution >= 0.6 is 0 Å². The van der Waals surface area contributed by atoms with Gasteiger partial charge in [-0.3, -0.25) is 4.79 Å². The lowest BCUT2D eigenvalue weighted by molar-refractivity contribution is -0.142. The summed E-state index contributed by atoms with van der Waals surface area (Å²) in [7, 11) is 0. The molecule has 5 nitrogen and oxygen atoms in total. The van der Waals surface area contributed by atoms with E-state index in [2.05, 4.69) is 5.32 Å². The third-order valence-electron chi connectivity index (χ3n) is 4.06. The molecule has 1 aromatic rings. The average molecular weight is 276 g/mol. The van der Waals surface area contributed by atoms with Gasteiger partial charge in [0.1, 0.15) is 5.75 Å². The maximum atomic E-state index is 12.5. The molecule has 1 amide bonds. The minimum Gasteiger partial charge on any atom is -0.477 e. The molecule has 1 fully saturated rings. The lowest BCUT2D eigenvalue weighted by Crippen LogP contribution is -2.52. The summed E-state index contributed by atoms with van der Waals surface area (Å²) in [4.78, 5) is 14.2. The second-order valence-corrected chi connectivity index (χ2v) is 5.81. The zero-order chi connectivity index (χ0) is 14.2. The van der Waals surface area contributed by atoms with Crippen molar-refractivity contribution in [1.29, 1.82) is 0 Å². The molecule has 1 saturated heterocycles. The molecule has 108 valence electrons. The number of para-hydroxylation sites is 2. The maximum Gasteiger partial charge on any atom is 0.265 e. The van der Waals surface area contributed by atoms with Crippen LogP contribution in [0.1, 0.15) is 19.8 Å². The van der Waals surface area contributed by atoms with E-state index in [-0.39, 0.29) is 5.91 Å². The molecule has 1 aromatic carbocycles. The molecule has 2 heterocycles. The fourth-order valence-corrected chi connectivity index (χ4v) is 2.66. The summed E-state index contributed by atoms with van der Waals surface area (Å²) in [6.07, 6.45) is 0.762. The number of piperidine rings is 1. The van der Waals surface area contributed by atoms with Gasteiger partial charge in [-0.05, 0) is 31.9 Å². The van der Waals surface area contributed by atoms with Crippen LogP contribution in [0.15, 0.2) is 24.3 Å². The molecule has 3 rings (SSSR count). The van der Waals surface area contributed by atoms with Crippen molar-refractivity contribution in [2.45, 2.75) is 31.5 Å². The lowest BCUT2D eigenvalue weighted by Gasteiger charge is -2.38. The highest BCUT2D eigenvalue weighted by atomic mass is 16.5. The normalized spacial score (nSPS) is 24.3. The van der Waals surface area contributed by atoms with E-state index in [1.807, 2.05) is 31.2 Å². The largest absolute Gasteiger partial charge is 0.477 e. The predicted molar refractivity (Wildman–Crippen MR) is 75.8 cm³/mol. The van der Waals surface area contributed by atoms with Crippen molar-refractivity contribution in [3.63, 3.8) is 0 Å². The number of nitrogens with zero attached hydrogens (tertiary/aromatic N) is 1. The Kier molecular flexibility index (Phi) is 3.30. The van der Waals surface area contributed by atoms with Gasteiger partial charge in [-0.2, -0.15) is 0 Å². The van der Waals surface area contributed by atoms with Crippen LogP contribution in [0.25, 0.3) is 0 Å². The monoisotopic (exact) mass is 276 g/mol. The van der Waals surface area contributed by atoms with Gasteiger partial charge in [-0.1, -0.05) is 12.1 Å². The SMILES string of the molecule is CC1(O)CCN(C(=O)C2CNc3ccccc3O2)CC1. The van der Waals surface area contributed by atoms with Gasteiger partial charge in [-0.15, -0.1) is 0 Å². The molecule has 0 radical (unpaired) electrons. The van der Waals surface area contributed by atoms with E-state index in [9.17, 15) is 9.90 Å². The Bertz CT molecular complexity index is 506. The van der Waals surface area contributed by atoms with E-state index < -0.39 is 11.7 Å². The first-order chi connectivity index (χ1) is 9.55. The second kappa shape index (κ2) is 4.98. The van der Waals surface area contributed by atoms with Crippen molar-refractivity contribution >= 4 is 11.6 Å². The van der Waals surface area contributed by atoms with Gasteiger partial charge < -0.3 is 20.1 Å². The highest BCUT2D eigenvalue weighted by Gasteiger charge is 2.34. The van der Waals surface area contributed by atoms with Crippen LogP contribution in [-0.2, 0) is 4.79 Å². The van der Waals surface area contributed by atoms with E-state index in [4.69, 9.17) is 4.74 Å². The first-order valence-electron chi connectivity index (χ1n) is 7.06. The van der Waals surface area contributed by atoms with Crippen molar-refractivity contribution in [3.05, 3.63) is 24.3 Å². The summed E-state index contributed by atoms with van der Waals surface area (Å²) in [5.41, 5.74) is 0.285. The van der Waals surface area contributed by atoms with Gasteiger partial charge >= 0.3 is 0 Å². The topological polar surface area (TPSA) is 61.8 Å². The Labute approximate surface area is 118 Å². The van der Waals surface area contributed by atoms with Gasteiger partial charge in [0.2, 0.25) is 0 Å². The van der Waals surface area contributed by atoms with Crippen molar-refractivity contribution in [1.82, 2.24) is 4.90 Å². The number of nitrogens with one attached hydrogen (secondary N) is 1. The molecule has 0 aromatic heterocycles. The fraction of sp³-hybridized carbons (Fsp3) is 0.533. The number of carbonyl (C=O) groups is 1. The Morgan fingerprint density at radius 2 is 2.10 bits per heavy atom. The van der Waals surface area contributed by atoms with Gasteiger partial charge in [0, 0.05) is 13.1 Å². The Balaban J connectivity index is 1.65. The first-order valence-corrected chi connectivity index (χ1v) is 7.06. The molecule has 0 spiro atoms. The number of amides is 1. The lowest BCUT2D eigenvalue weighted by atomic mass is 9.93. The molecule has 2 aliphatic heterocycles. The van der Waals surface area contributed by atoms with Crippen LogP contribution < -0.4 is 10.1 Å². The van der Waals surface area contributed by atoms with Gasteiger partial charge in [0.05, 0.1) is 17.8 Å². The molecule has 0 saturated carbocycles. The van der Waals surface area contributed by atoms with Crippen LogP contribution in [-0.4, -0.2) is 47.3 Å². The van der Waals surface area contributed by atoms with Crippen LogP contribution in [0.3, 0.4) is 0 Å². The maximum absolute atomic E-state index is 12.5. The number of rotatable bonds is 1. The zero-order valence-corrected chi connectivity index (χ0v) is 11.6. The third-order valence-corrected chi connectivity index (χ3v) is 4.06. The van der Waals surface area contributed by atoms with Gasteiger partial charge in [0.15, 0.2) is 6.10 Å². The van der Waals surface area contributed by atoms with Crippen molar-refractivity contribution in [2.24, 2.45) is 0 Å². The highest BCUT2D eigenvalue weighted by Crippen LogP contribution is 2.29. The first kappa shape index (κ1) is 13.2. The van der Waals surface area contributed by atoms with E-state index in [1.165, 1.54) is 0 Å². The summed E-state index contributed by atoms with van der Waals surface area (Å²) < 4.78 is 5.78. The number of hydrogen-bond acceptors (Lipinski definition) is 4. The van der Waals surface area contributed by atoms with Crippen LogP contribution in [0, 0.1) is 0 Å². The smallest absolute Gasteiger partial charge is 0.265 e. The third kappa shape index (κ3) is 2.58. The number of benzene rings is 1. The predicted octanol–water partition coefficient (Wildman–Crippen LogP) is 1.23. The van der Waals surface area contributed by atoms with E-state index in [1.54, 1.807) is 4.90 Å². The Morgan fingerprint density at radius 1 is 1.40 bits per heavy atom. The molecule has 1 unspecified atom stereocenters. The molecule has 0 bridgehead atoms. The number of fused-ring (bicyclic) bond motifs is 1. The van der Waals surface area contributed by atoms with Crippen LogP contribution in [0.2, 0.25) is 0 Å². The molecule has 2 N–H and O–H groups in total. The number of likely N-dealkylation sites (tertiary alicyclic amines) is 1. The summed E-state index contributed by atoms with van der Waals surface area (Å²) in [5.74, 6) is 0.726. The van der Waals surface area contributed by atoms with Crippen LogP contribution in [0.4, 0.5) is 5.69 Å². The number of anilines is 1. The fourth-order valence-electron chi connectivity index (χ4n) is 2.66. The van der Waals surface area contributed by atoms with E-state index in [0.29, 0.717) is 32.5 Å². The molecule has 20 heavy (non-hydrogen) atoms. The molecule has 5 heteroatoms. The van der Waals surface area contributed by atoms with Crippen molar-refractivity contribution in [3.8, 4) is 5.75 Å². The number of ether oxygens (including phenoxy) is 1. The quantitative estimate of drug-likeness (QED) is 0.810. The average Bonchev–Trinajstić information content (AvgIpc) is 2.46. The number of hydrogen-bond donors (Lipinski definition) is 2. The second-order valence-electron chi connectivity index (χ2n) is 5.81. The minimum atomic E-state index is -0.644. The highest BCUT2D eigenvalue weighted by molar-refractivity contribution is 5.83. The minimum absolute atomic E-state index is 0.00232. The summed E-state index contributed by atoms with van der Waals surface area (Å²) >= 11 is 0. The number of aliphatic hydroxyl groups is 1. The standard InChI is InChI=1S/C15H20N2O3/c1-15(19)6-8-17(9-7-15)14(18)13-10-16-11-4-2-3-5-12(11)20-13/h2-5,13,16,19H,6-10H2,1H3. The Hall–Kier alpha value is -1.75. The molecular formula is C15H20N2O3. The molecule has 1 atom stereocenters. The van der Waals surface area contributed by atoms with E-state index in [0.717, 1.165) is 11.4 Å². The van der Waals surface area contributed by atoms with Gasteiger partial charge in [0.25, 0.3) is 5.91 Å². The number of carbonyl (C=O) groups excluding carboxylic acids is 1. The molecule has 0 aliphatic carbocycles. The Morgan fingerprint density at radius 3 is 2.85 bits per heavy atom. The summed E-state index contributed by atoms with van der Waals surface area (Å²) in [5, 5.41) is 13.2. The molecule has 2 aliphatic rings. The van der Waals surface area contributed by atoms with Crippen molar-refractivity contribution < 1.29 is 14.6 Å². The summed E-state index contributed by atoms with van der Waals surface area (Å²) in [6.45, 7) is 3.49. The zero-order valence-electron chi connectivity index (χ0n) is 11.6.